The molecule has 0 amide bonds. The second kappa shape index (κ2) is 7.70. The third-order valence-electron chi connectivity index (χ3n) is 4.91. The number of carboxylic acid groups (broad SMARTS) is 1. The molecule has 3 heterocycles. The van der Waals surface area contributed by atoms with Gasteiger partial charge in [0.15, 0.2) is 4.88 Å². The molecule has 2 N–H and O–H groups in total. The maximum Gasteiger partial charge on any atom is 0.351 e. The summed E-state index contributed by atoms with van der Waals surface area (Å²) in [5.74, 6) is -0.527. The van der Waals surface area contributed by atoms with Crippen LogP contribution >= 0.6 is 11.3 Å². The van der Waals surface area contributed by atoms with E-state index >= 15 is 0 Å². The van der Waals surface area contributed by atoms with Gasteiger partial charge in [-0.15, -0.1) is 21.5 Å². The van der Waals surface area contributed by atoms with Gasteiger partial charge in [0.2, 0.25) is 5.88 Å². The number of alkyl halides is 1. The Morgan fingerprint density at radius 1 is 1.34 bits per heavy atom. The topological polar surface area (TPSA) is 110 Å². The van der Waals surface area contributed by atoms with E-state index in [0.717, 1.165) is 17.0 Å². The van der Waals surface area contributed by atoms with Crippen LogP contribution in [0.25, 0.3) is 10.7 Å². The number of ether oxygens (including phenoxy) is 1. The van der Waals surface area contributed by atoms with Crippen molar-refractivity contribution in [3.63, 3.8) is 0 Å². The summed E-state index contributed by atoms with van der Waals surface area (Å²) < 4.78 is 18.6. The van der Waals surface area contributed by atoms with Crippen LogP contribution in [0.1, 0.15) is 28.2 Å². The van der Waals surface area contributed by atoms with E-state index in [2.05, 4.69) is 25.5 Å². The van der Waals surface area contributed by atoms with Crippen molar-refractivity contribution < 1.29 is 19.0 Å². The highest BCUT2D eigenvalue weighted by Gasteiger charge is 2.47. The van der Waals surface area contributed by atoms with Crippen molar-refractivity contribution in [1.82, 2.24) is 20.2 Å². The third kappa shape index (κ3) is 3.75. The van der Waals surface area contributed by atoms with Crippen LogP contribution in [0.5, 0.6) is 5.88 Å². The standard InChI is InChI=1S/C19H18FN5O3S/c1-28-16-15(18(26)27)29-17(23-16)12-5-6-14(25-24-12)22-10-19(8-11(20)9-19)13-4-2-3-7-21-13/h2-7,11H,8-10H2,1H3,(H,22,25)(H,26,27). The van der Waals surface area contributed by atoms with Crippen molar-refractivity contribution >= 4 is 23.1 Å². The van der Waals surface area contributed by atoms with Crippen LogP contribution in [0.4, 0.5) is 10.2 Å². The zero-order chi connectivity index (χ0) is 20.4. The van der Waals surface area contributed by atoms with Gasteiger partial charge in [0.05, 0.1) is 7.11 Å². The Bertz CT molecular complexity index is 1010. The number of rotatable bonds is 7. The first kappa shape index (κ1) is 19.2. The zero-order valence-corrected chi connectivity index (χ0v) is 16.3. The van der Waals surface area contributed by atoms with Gasteiger partial charge in [0.25, 0.3) is 0 Å². The highest BCUT2D eigenvalue weighted by atomic mass is 32.1. The fourth-order valence-electron chi connectivity index (χ4n) is 3.40. The number of aromatic nitrogens is 4. The quantitative estimate of drug-likeness (QED) is 0.605. The number of carboxylic acids is 1. The van der Waals surface area contributed by atoms with E-state index in [-0.39, 0.29) is 16.2 Å². The SMILES string of the molecule is COc1nc(-c2ccc(NCC3(c4ccccn4)CC(F)C3)nn2)sc1C(=O)O. The van der Waals surface area contributed by atoms with Gasteiger partial charge in [-0.3, -0.25) is 4.98 Å². The maximum absolute atomic E-state index is 13.6. The van der Waals surface area contributed by atoms with Crippen LogP contribution in [0, 0.1) is 0 Å². The maximum atomic E-state index is 13.6. The summed E-state index contributed by atoms with van der Waals surface area (Å²) >= 11 is 0.971. The molecule has 0 atom stereocenters. The van der Waals surface area contributed by atoms with Crippen LogP contribution in [-0.4, -0.2) is 51.1 Å². The monoisotopic (exact) mass is 415 g/mol. The fraction of sp³-hybridized carbons (Fsp3) is 0.316. The smallest absolute Gasteiger partial charge is 0.351 e. The Morgan fingerprint density at radius 2 is 2.17 bits per heavy atom. The first-order chi connectivity index (χ1) is 14.0. The number of halogens is 1. The van der Waals surface area contributed by atoms with E-state index in [1.807, 2.05) is 18.2 Å². The fourth-order valence-corrected chi connectivity index (χ4v) is 4.24. The Labute approximate surface area is 169 Å². The molecular weight excluding hydrogens is 397 g/mol. The second-order valence-corrected chi connectivity index (χ2v) is 7.82. The summed E-state index contributed by atoms with van der Waals surface area (Å²) in [6.45, 7) is 0.493. The Balaban J connectivity index is 1.48. The molecule has 1 aliphatic rings. The van der Waals surface area contributed by atoms with Gasteiger partial charge in [-0.2, -0.15) is 4.98 Å². The predicted molar refractivity (Wildman–Crippen MR) is 105 cm³/mol. The number of anilines is 1. The number of methoxy groups -OCH3 is 1. The van der Waals surface area contributed by atoms with Crippen molar-refractivity contribution in [2.75, 3.05) is 19.0 Å². The molecule has 0 unspecified atom stereocenters. The zero-order valence-electron chi connectivity index (χ0n) is 15.5. The average molecular weight is 415 g/mol. The lowest BCUT2D eigenvalue weighted by Gasteiger charge is -2.43. The largest absolute Gasteiger partial charge is 0.480 e. The Kier molecular flexibility index (Phi) is 5.10. The molecule has 8 nitrogen and oxygen atoms in total. The average Bonchev–Trinajstić information content (AvgIpc) is 3.16. The lowest BCUT2D eigenvalue weighted by Crippen LogP contribution is -2.48. The molecule has 0 aromatic carbocycles. The van der Waals surface area contributed by atoms with Crippen LogP contribution in [0.15, 0.2) is 36.5 Å². The van der Waals surface area contributed by atoms with Crippen molar-refractivity contribution in [2.45, 2.75) is 24.4 Å². The van der Waals surface area contributed by atoms with Gasteiger partial charge in [0, 0.05) is 23.9 Å². The van der Waals surface area contributed by atoms with Crippen LogP contribution < -0.4 is 10.1 Å². The minimum absolute atomic E-state index is 0.00886. The molecule has 3 aromatic rings. The molecule has 150 valence electrons. The first-order valence-electron chi connectivity index (χ1n) is 8.92. The number of thiazole rings is 1. The van der Waals surface area contributed by atoms with Crippen LogP contribution in [0.3, 0.4) is 0 Å². The van der Waals surface area contributed by atoms with E-state index in [9.17, 15) is 14.3 Å². The number of hydrogen-bond donors (Lipinski definition) is 2. The number of pyridine rings is 1. The number of aromatic carboxylic acids is 1. The molecule has 0 aliphatic heterocycles. The molecule has 29 heavy (non-hydrogen) atoms. The molecule has 3 aromatic heterocycles. The van der Waals surface area contributed by atoms with Gasteiger partial charge in [0.1, 0.15) is 22.7 Å². The number of nitrogens with one attached hydrogen (secondary N) is 1. The third-order valence-corrected chi connectivity index (χ3v) is 5.96. The Morgan fingerprint density at radius 3 is 2.72 bits per heavy atom. The van der Waals surface area contributed by atoms with Gasteiger partial charge < -0.3 is 15.2 Å². The van der Waals surface area contributed by atoms with Gasteiger partial charge >= 0.3 is 5.97 Å². The van der Waals surface area contributed by atoms with Crippen molar-refractivity contribution in [3.05, 3.63) is 47.1 Å². The molecule has 0 spiro atoms. The van der Waals surface area contributed by atoms with Crippen LogP contribution in [0.2, 0.25) is 0 Å². The molecule has 0 bridgehead atoms. The van der Waals surface area contributed by atoms with Crippen molar-refractivity contribution in [1.29, 1.82) is 0 Å². The summed E-state index contributed by atoms with van der Waals surface area (Å²) in [5, 5.41) is 21.1. The molecule has 4 rings (SSSR count). The molecule has 0 saturated heterocycles. The molecule has 1 fully saturated rings. The van der Waals surface area contributed by atoms with Crippen LogP contribution in [-0.2, 0) is 5.41 Å². The first-order valence-corrected chi connectivity index (χ1v) is 9.74. The molecule has 0 radical (unpaired) electrons. The van der Waals surface area contributed by atoms with E-state index in [0.29, 0.717) is 35.9 Å². The van der Waals surface area contributed by atoms with E-state index in [4.69, 9.17) is 4.74 Å². The molecule has 10 heteroatoms. The van der Waals surface area contributed by atoms with E-state index < -0.39 is 12.1 Å². The minimum atomic E-state index is -1.11. The summed E-state index contributed by atoms with van der Waals surface area (Å²) in [7, 11) is 1.36. The Hall–Kier alpha value is -3.14. The van der Waals surface area contributed by atoms with Gasteiger partial charge in [-0.25, -0.2) is 9.18 Å². The second-order valence-electron chi connectivity index (χ2n) is 6.82. The normalized spacial score (nSPS) is 20.7. The van der Waals surface area contributed by atoms with E-state index in [1.165, 1.54) is 7.11 Å². The lowest BCUT2D eigenvalue weighted by atomic mass is 9.65. The summed E-state index contributed by atoms with van der Waals surface area (Å²) in [4.78, 5) is 19.8. The number of carbonyl (C=O) groups is 1. The van der Waals surface area contributed by atoms with Crippen molar-refractivity contribution in [2.24, 2.45) is 0 Å². The summed E-state index contributed by atoms with van der Waals surface area (Å²) in [6, 6.07) is 9.08. The molecular formula is C19H18FN5O3S. The highest BCUT2D eigenvalue weighted by Crippen LogP contribution is 2.44. The number of hydrogen-bond acceptors (Lipinski definition) is 8. The van der Waals surface area contributed by atoms with Gasteiger partial charge in [-0.05, 0) is 37.1 Å². The van der Waals surface area contributed by atoms with E-state index in [1.54, 1.807) is 18.3 Å². The predicted octanol–water partition coefficient (Wildman–Crippen LogP) is 3.18. The summed E-state index contributed by atoms with van der Waals surface area (Å²) in [6.07, 6.45) is 1.72. The summed E-state index contributed by atoms with van der Waals surface area (Å²) in [5.41, 5.74) is 0.945. The number of nitrogens with zero attached hydrogens (tertiary/aromatic N) is 4. The van der Waals surface area contributed by atoms with Gasteiger partial charge in [-0.1, -0.05) is 6.07 Å². The minimum Gasteiger partial charge on any atom is -0.480 e. The highest BCUT2D eigenvalue weighted by molar-refractivity contribution is 7.17. The lowest BCUT2D eigenvalue weighted by molar-refractivity contribution is 0.0698. The molecule has 1 aliphatic carbocycles. The molecule has 1 saturated carbocycles. The van der Waals surface area contributed by atoms with Crippen molar-refractivity contribution in [3.8, 4) is 16.6 Å².